The molecule has 0 saturated carbocycles. The summed E-state index contributed by atoms with van der Waals surface area (Å²) in [4.78, 5) is 6.91. The summed E-state index contributed by atoms with van der Waals surface area (Å²) in [5, 5.41) is 6.17. The van der Waals surface area contributed by atoms with Crippen LogP contribution < -0.4 is 15.0 Å². The Kier molecular flexibility index (Phi) is 14.5. The number of ether oxygens (including phenoxy) is 1. The molecule has 0 aliphatic heterocycles. The zero-order chi connectivity index (χ0) is 51.8. The zero-order valence-electron chi connectivity index (χ0n) is 46.3. The van der Waals surface area contributed by atoms with Gasteiger partial charge in [-0.05, 0) is 125 Å². The van der Waals surface area contributed by atoms with E-state index in [1.165, 1.54) is 38.9 Å². The number of fused-ring (bicyclic) bond motifs is 3. The van der Waals surface area contributed by atoms with Crippen molar-refractivity contribution in [3.8, 4) is 28.4 Å². The van der Waals surface area contributed by atoms with Crippen LogP contribution in [0.4, 0.5) is 22.7 Å². The summed E-state index contributed by atoms with van der Waals surface area (Å²) in [6.45, 7) is 40.9. The Bertz CT molecular complexity index is 3240. The van der Waals surface area contributed by atoms with Crippen LogP contribution in [0.1, 0.15) is 158 Å². The maximum atomic E-state index is 6.71. The van der Waals surface area contributed by atoms with E-state index in [-0.39, 0.29) is 53.6 Å². The van der Waals surface area contributed by atoms with Gasteiger partial charge in [-0.3, -0.25) is 7.05 Å². The van der Waals surface area contributed by atoms with Crippen molar-refractivity contribution in [2.45, 2.75) is 157 Å². The van der Waals surface area contributed by atoms with Gasteiger partial charge in [-0.25, -0.2) is 4.98 Å². The molecule has 1 N–H and O–H groups in total. The first-order valence-electron chi connectivity index (χ1n) is 25.4. The fourth-order valence-electron chi connectivity index (χ4n) is 9.24. The van der Waals surface area contributed by atoms with Gasteiger partial charge in [0.25, 0.3) is 0 Å². The molecule has 0 aliphatic carbocycles. The van der Waals surface area contributed by atoms with E-state index in [9.17, 15) is 0 Å². The minimum atomic E-state index is -0.0816. The second-order valence-corrected chi connectivity index (χ2v) is 25.9. The van der Waals surface area contributed by atoms with Crippen molar-refractivity contribution in [2.24, 2.45) is 0 Å². The van der Waals surface area contributed by atoms with Crippen LogP contribution in [0.25, 0.3) is 38.8 Å². The number of aromatic nitrogens is 2. The number of hydrogen-bond donors (Lipinski definition) is 1. The summed E-state index contributed by atoms with van der Waals surface area (Å²) >= 11 is 0. The Balaban J connectivity index is 0.00000760. The Morgan fingerprint density at radius 1 is 0.528 bits per heavy atom. The van der Waals surface area contributed by atoms with E-state index in [4.69, 9.17) is 9.72 Å². The van der Waals surface area contributed by atoms with Gasteiger partial charge in [0.1, 0.15) is 5.82 Å². The van der Waals surface area contributed by atoms with E-state index in [0.717, 1.165) is 55.9 Å². The molecule has 0 aliphatic rings. The van der Waals surface area contributed by atoms with Crippen molar-refractivity contribution in [1.29, 1.82) is 0 Å². The Morgan fingerprint density at radius 2 is 1.10 bits per heavy atom. The maximum Gasteiger partial charge on any atom is 0.135 e. The molecule has 0 amide bonds. The first-order valence-corrected chi connectivity index (χ1v) is 25.4. The number of anilines is 4. The smallest absolute Gasteiger partial charge is 0.135 e. The van der Waals surface area contributed by atoms with E-state index in [0.29, 0.717) is 11.5 Å². The van der Waals surface area contributed by atoms with Crippen molar-refractivity contribution >= 4 is 44.6 Å². The first-order chi connectivity index (χ1) is 32.9. The monoisotopic (exact) mass is 1140 g/mol. The molecular formula is C66H77N4OPt-3. The standard InChI is InChI=1S/C66H77N4O.Pt/c1-61(2,3)43-24-27-52(55(37-43)66(16,17)18)42-23-30-57(56(33-42)68-48-35-46(64(10,11)12)34-47(36-48)65(13,14)15)69(19)49-21-20-22-50(40-49)71-51-26-29-54-53-28-25-44(62(4,5)6)38-58(53)70(59(54)41-51)60-39-45(31-32-67-60)63(7,8)9;/h20-39,68H,19H2,1-18H3;/q-3;. The molecule has 6 aromatic carbocycles. The summed E-state index contributed by atoms with van der Waals surface area (Å²) in [7, 11) is 4.69. The van der Waals surface area contributed by atoms with Gasteiger partial charge < -0.3 is 19.5 Å². The van der Waals surface area contributed by atoms with Crippen LogP contribution in [-0.2, 0) is 53.6 Å². The third-order valence-electron chi connectivity index (χ3n) is 13.9. The van der Waals surface area contributed by atoms with Gasteiger partial charge in [0.2, 0.25) is 0 Å². The first kappa shape index (κ1) is 54.1. The number of benzene rings is 6. The SMILES string of the molecule is [CH2-]N(c1[c-]c(Oc2[c-]c3c(cc2)c2ccc(C(C)(C)C)cc2n3-c2cc(C(C)(C)C)ccn2)ccc1)c1ccc(-c2ccc(C(C)(C)C)cc2C(C)(C)C)cc1Nc1cc(C(C)(C)C)cc(C(C)(C)C)c1.[Pt]. The molecular weight excluding hydrogens is 1060 g/mol. The van der Waals surface area contributed by atoms with E-state index in [1.54, 1.807) is 0 Å². The number of nitrogens with zero attached hydrogens (tertiary/aromatic N) is 3. The van der Waals surface area contributed by atoms with Crippen molar-refractivity contribution in [1.82, 2.24) is 9.55 Å². The average molecular weight is 1140 g/mol. The predicted molar refractivity (Wildman–Crippen MR) is 304 cm³/mol. The third kappa shape index (κ3) is 11.4. The zero-order valence-corrected chi connectivity index (χ0v) is 48.6. The summed E-state index contributed by atoms with van der Waals surface area (Å²) in [6.07, 6.45) is 1.92. The van der Waals surface area contributed by atoms with Crippen LogP contribution in [0.5, 0.6) is 11.5 Å². The van der Waals surface area contributed by atoms with Crippen LogP contribution >= 0.6 is 0 Å². The molecule has 0 saturated heterocycles. The predicted octanol–water partition coefficient (Wildman–Crippen LogP) is 18.7. The molecule has 2 heterocycles. The van der Waals surface area contributed by atoms with Gasteiger partial charge in [0.05, 0.1) is 5.69 Å². The van der Waals surface area contributed by atoms with E-state index >= 15 is 0 Å². The molecule has 380 valence electrons. The molecule has 0 radical (unpaired) electrons. The third-order valence-corrected chi connectivity index (χ3v) is 13.9. The number of nitrogens with one attached hydrogen (secondary N) is 1. The van der Waals surface area contributed by atoms with Crippen LogP contribution in [0.15, 0.2) is 121 Å². The molecule has 5 nitrogen and oxygen atoms in total. The van der Waals surface area contributed by atoms with Crippen LogP contribution in [0.2, 0.25) is 0 Å². The van der Waals surface area contributed by atoms with Gasteiger partial charge in [0, 0.05) is 55.7 Å². The fourth-order valence-corrected chi connectivity index (χ4v) is 9.24. The van der Waals surface area contributed by atoms with Gasteiger partial charge in [0.15, 0.2) is 0 Å². The van der Waals surface area contributed by atoms with Crippen molar-refractivity contribution in [3.63, 3.8) is 0 Å². The summed E-state index contributed by atoms with van der Waals surface area (Å²) in [5.41, 5.74) is 15.4. The Labute approximate surface area is 447 Å². The molecule has 72 heavy (non-hydrogen) atoms. The van der Waals surface area contributed by atoms with Crippen molar-refractivity contribution in [2.75, 3.05) is 10.2 Å². The van der Waals surface area contributed by atoms with E-state index in [1.807, 2.05) is 35.4 Å². The second-order valence-electron chi connectivity index (χ2n) is 25.9. The van der Waals surface area contributed by atoms with Gasteiger partial charge in [-0.1, -0.05) is 173 Å². The van der Waals surface area contributed by atoms with Crippen LogP contribution in [0, 0.1) is 19.2 Å². The molecule has 8 aromatic rings. The van der Waals surface area contributed by atoms with Crippen LogP contribution in [0.3, 0.4) is 0 Å². The molecule has 0 atom stereocenters. The van der Waals surface area contributed by atoms with E-state index < -0.39 is 0 Å². The quantitative estimate of drug-likeness (QED) is 0.154. The molecule has 6 heteroatoms. The second kappa shape index (κ2) is 19.3. The molecule has 0 fully saturated rings. The largest absolute Gasteiger partial charge is 0.516 e. The number of hydrogen-bond acceptors (Lipinski definition) is 4. The minimum absolute atomic E-state index is 0. The Hall–Kier alpha value is -5.64. The van der Waals surface area contributed by atoms with Crippen molar-refractivity contribution in [3.05, 3.63) is 174 Å². The fraction of sp³-hybridized carbons (Fsp3) is 0.364. The van der Waals surface area contributed by atoms with Crippen molar-refractivity contribution < 1.29 is 25.8 Å². The summed E-state index contributed by atoms with van der Waals surface area (Å²) in [6, 6.07) is 49.2. The molecule has 0 spiro atoms. The topological polar surface area (TPSA) is 42.3 Å². The molecule has 8 rings (SSSR count). The summed E-state index contributed by atoms with van der Waals surface area (Å²) in [5.74, 6) is 2.00. The Morgan fingerprint density at radius 3 is 1.71 bits per heavy atom. The van der Waals surface area contributed by atoms with Crippen LogP contribution in [-0.4, -0.2) is 9.55 Å². The van der Waals surface area contributed by atoms with Gasteiger partial charge in [-0.2, -0.15) is 12.1 Å². The minimum Gasteiger partial charge on any atom is -0.516 e. The normalized spacial score (nSPS) is 12.8. The number of rotatable bonds is 8. The molecule has 0 unspecified atom stereocenters. The van der Waals surface area contributed by atoms with E-state index in [2.05, 4.69) is 245 Å². The molecule has 0 bridgehead atoms. The number of pyridine rings is 1. The van der Waals surface area contributed by atoms with Gasteiger partial charge >= 0.3 is 0 Å². The van der Waals surface area contributed by atoms with Gasteiger partial charge in [-0.15, -0.1) is 41.4 Å². The average Bonchev–Trinajstić information content (AvgIpc) is 3.60. The molecule has 2 aromatic heterocycles. The summed E-state index contributed by atoms with van der Waals surface area (Å²) < 4.78 is 8.95. The maximum absolute atomic E-state index is 6.71.